The maximum absolute atomic E-state index is 12.6. The number of para-hydroxylation sites is 2. The van der Waals surface area contributed by atoms with Crippen LogP contribution in [-0.2, 0) is 14.8 Å². The number of hydrogen-bond donors (Lipinski definition) is 1. The summed E-state index contributed by atoms with van der Waals surface area (Å²) in [7, 11) is -3.64. The summed E-state index contributed by atoms with van der Waals surface area (Å²) in [5.41, 5.74) is 1.45. The van der Waals surface area contributed by atoms with Crippen molar-refractivity contribution < 1.29 is 22.7 Å². The zero-order valence-corrected chi connectivity index (χ0v) is 16.9. The SMILES string of the molecule is Cc1ccc(N([C@@H](C)C(=O)NC[C@H]2COc3ccccc3O2)S(C)(=O)=O)cc1. The highest BCUT2D eigenvalue weighted by Gasteiger charge is 2.30. The van der Waals surface area contributed by atoms with E-state index in [4.69, 9.17) is 9.47 Å². The van der Waals surface area contributed by atoms with Gasteiger partial charge in [-0.1, -0.05) is 29.8 Å². The van der Waals surface area contributed by atoms with Crippen LogP contribution < -0.4 is 19.1 Å². The third kappa shape index (κ3) is 4.56. The van der Waals surface area contributed by atoms with Crippen LogP contribution >= 0.6 is 0 Å². The number of carbonyl (C=O) groups is 1. The van der Waals surface area contributed by atoms with E-state index in [0.717, 1.165) is 16.1 Å². The number of amides is 1. The molecule has 0 bridgehead atoms. The van der Waals surface area contributed by atoms with Gasteiger partial charge in [0.05, 0.1) is 18.5 Å². The Labute approximate surface area is 165 Å². The summed E-state index contributed by atoms with van der Waals surface area (Å²) in [6, 6.07) is 13.4. The fourth-order valence-electron chi connectivity index (χ4n) is 3.03. The van der Waals surface area contributed by atoms with Gasteiger partial charge < -0.3 is 14.8 Å². The van der Waals surface area contributed by atoms with Gasteiger partial charge in [0.1, 0.15) is 18.8 Å². The van der Waals surface area contributed by atoms with Gasteiger partial charge in [-0.2, -0.15) is 0 Å². The normalized spacial score (nSPS) is 16.9. The Morgan fingerprint density at radius 2 is 1.82 bits per heavy atom. The molecule has 0 aliphatic carbocycles. The first-order valence-electron chi connectivity index (χ1n) is 8.98. The second-order valence-corrected chi connectivity index (χ2v) is 8.67. The predicted molar refractivity (Wildman–Crippen MR) is 107 cm³/mol. The maximum Gasteiger partial charge on any atom is 0.243 e. The van der Waals surface area contributed by atoms with Crippen molar-refractivity contribution >= 4 is 21.6 Å². The predicted octanol–water partition coefficient (Wildman–Crippen LogP) is 2.11. The Hall–Kier alpha value is -2.74. The highest BCUT2D eigenvalue weighted by atomic mass is 32.2. The summed E-state index contributed by atoms with van der Waals surface area (Å²) < 4.78 is 37.2. The van der Waals surface area contributed by atoms with Crippen LogP contribution in [0.2, 0.25) is 0 Å². The molecule has 0 saturated heterocycles. The molecular weight excluding hydrogens is 380 g/mol. The van der Waals surface area contributed by atoms with Gasteiger partial charge in [0, 0.05) is 0 Å². The van der Waals surface area contributed by atoms with Crippen LogP contribution in [0.4, 0.5) is 5.69 Å². The van der Waals surface area contributed by atoms with Crippen molar-refractivity contribution in [1.82, 2.24) is 5.32 Å². The lowest BCUT2D eigenvalue weighted by molar-refractivity contribution is -0.122. The summed E-state index contributed by atoms with van der Waals surface area (Å²) >= 11 is 0. The second kappa shape index (κ2) is 8.10. The van der Waals surface area contributed by atoms with E-state index in [0.29, 0.717) is 23.8 Å². The molecular formula is C20H24N2O5S. The molecule has 1 heterocycles. The number of carbonyl (C=O) groups excluding carboxylic acids is 1. The fourth-order valence-corrected chi connectivity index (χ4v) is 4.20. The van der Waals surface area contributed by atoms with Crippen molar-refractivity contribution in [2.45, 2.75) is 26.0 Å². The molecule has 0 spiro atoms. The topological polar surface area (TPSA) is 84.9 Å². The number of nitrogens with zero attached hydrogens (tertiary/aromatic N) is 1. The Morgan fingerprint density at radius 1 is 1.18 bits per heavy atom. The monoisotopic (exact) mass is 404 g/mol. The van der Waals surface area contributed by atoms with Crippen LogP contribution in [0, 0.1) is 6.92 Å². The van der Waals surface area contributed by atoms with Crippen molar-refractivity contribution in [2.24, 2.45) is 0 Å². The van der Waals surface area contributed by atoms with Gasteiger partial charge in [0.15, 0.2) is 11.5 Å². The Balaban J connectivity index is 1.66. The molecule has 28 heavy (non-hydrogen) atoms. The smallest absolute Gasteiger partial charge is 0.243 e. The Kier molecular flexibility index (Phi) is 5.79. The summed E-state index contributed by atoms with van der Waals surface area (Å²) in [4.78, 5) is 12.6. The number of sulfonamides is 1. The average molecular weight is 404 g/mol. The van der Waals surface area contributed by atoms with Gasteiger partial charge in [0.2, 0.25) is 15.9 Å². The molecule has 0 aromatic heterocycles. The van der Waals surface area contributed by atoms with Crippen molar-refractivity contribution in [3.8, 4) is 11.5 Å². The molecule has 1 aliphatic rings. The molecule has 7 nitrogen and oxygen atoms in total. The number of hydrogen-bond acceptors (Lipinski definition) is 5. The second-order valence-electron chi connectivity index (χ2n) is 6.81. The first-order chi connectivity index (χ1) is 13.3. The van der Waals surface area contributed by atoms with Crippen LogP contribution in [0.1, 0.15) is 12.5 Å². The Morgan fingerprint density at radius 3 is 2.46 bits per heavy atom. The highest BCUT2D eigenvalue weighted by molar-refractivity contribution is 7.92. The molecule has 2 atom stereocenters. The molecule has 2 aromatic carbocycles. The summed E-state index contributed by atoms with van der Waals surface area (Å²) in [6.45, 7) is 3.99. The van der Waals surface area contributed by atoms with Crippen LogP contribution in [0.5, 0.6) is 11.5 Å². The van der Waals surface area contributed by atoms with E-state index in [1.165, 1.54) is 0 Å². The van der Waals surface area contributed by atoms with Gasteiger partial charge in [-0.25, -0.2) is 8.42 Å². The van der Waals surface area contributed by atoms with Gasteiger partial charge in [-0.05, 0) is 38.1 Å². The minimum absolute atomic E-state index is 0.211. The van der Waals surface area contributed by atoms with Crippen molar-refractivity contribution in [1.29, 1.82) is 0 Å². The van der Waals surface area contributed by atoms with Crippen molar-refractivity contribution in [3.63, 3.8) is 0 Å². The first-order valence-corrected chi connectivity index (χ1v) is 10.8. The van der Waals surface area contributed by atoms with E-state index in [-0.39, 0.29) is 12.6 Å². The van der Waals surface area contributed by atoms with Gasteiger partial charge >= 0.3 is 0 Å². The quantitative estimate of drug-likeness (QED) is 0.797. The largest absolute Gasteiger partial charge is 0.486 e. The molecule has 1 aliphatic heterocycles. The highest BCUT2D eigenvalue weighted by Crippen LogP contribution is 2.30. The van der Waals surface area contributed by atoms with Crippen LogP contribution in [0.15, 0.2) is 48.5 Å². The lowest BCUT2D eigenvalue weighted by Gasteiger charge is -2.30. The average Bonchev–Trinajstić information content (AvgIpc) is 2.66. The van der Waals surface area contributed by atoms with Crippen LogP contribution in [0.25, 0.3) is 0 Å². The molecule has 3 rings (SSSR count). The lowest BCUT2D eigenvalue weighted by Crippen LogP contribution is -2.50. The molecule has 1 N–H and O–H groups in total. The van der Waals surface area contributed by atoms with E-state index < -0.39 is 22.0 Å². The van der Waals surface area contributed by atoms with Gasteiger partial charge in [-0.15, -0.1) is 0 Å². The summed E-state index contributed by atoms with van der Waals surface area (Å²) in [5.74, 6) is 0.882. The number of rotatable bonds is 6. The van der Waals surface area contributed by atoms with Crippen LogP contribution in [0.3, 0.4) is 0 Å². The Bertz CT molecular complexity index is 943. The number of nitrogens with one attached hydrogen (secondary N) is 1. The van der Waals surface area contributed by atoms with Crippen LogP contribution in [-0.4, -0.2) is 45.9 Å². The zero-order chi connectivity index (χ0) is 20.3. The molecule has 0 radical (unpaired) electrons. The third-order valence-corrected chi connectivity index (χ3v) is 5.69. The van der Waals surface area contributed by atoms with E-state index in [9.17, 15) is 13.2 Å². The number of ether oxygens (including phenoxy) is 2. The van der Waals surface area contributed by atoms with E-state index in [1.807, 2.05) is 37.3 Å². The lowest BCUT2D eigenvalue weighted by atomic mass is 10.2. The summed E-state index contributed by atoms with van der Waals surface area (Å²) in [5, 5.41) is 2.77. The standard InChI is InChI=1S/C20H24N2O5S/c1-14-8-10-16(11-9-14)22(28(3,24)25)15(2)20(23)21-12-17-13-26-18-6-4-5-7-19(18)27-17/h4-11,15,17H,12-13H2,1-3H3,(H,21,23)/t15-,17-/m0/s1. The number of aryl methyl sites for hydroxylation is 1. The molecule has 8 heteroatoms. The first kappa shape index (κ1) is 20.0. The molecule has 0 saturated carbocycles. The zero-order valence-electron chi connectivity index (χ0n) is 16.1. The molecule has 1 amide bonds. The van der Waals surface area contributed by atoms with E-state index >= 15 is 0 Å². The number of anilines is 1. The number of fused-ring (bicyclic) bond motifs is 1. The van der Waals surface area contributed by atoms with Gasteiger partial charge in [-0.3, -0.25) is 9.10 Å². The number of benzene rings is 2. The van der Waals surface area contributed by atoms with Crippen molar-refractivity contribution in [3.05, 3.63) is 54.1 Å². The molecule has 2 aromatic rings. The fraction of sp³-hybridized carbons (Fsp3) is 0.350. The van der Waals surface area contributed by atoms with Gasteiger partial charge in [0.25, 0.3) is 0 Å². The minimum Gasteiger partial charge on any atom is -0.486 e. The summed E-state index contributed by atoms with van der Waals surface area (Å²) in [6.07, 6.45) is 0.739. The third-order valence-electron chi connectivity index (χ3n) is 4.45. The maximum atomic E-state index is 12.6. The minimum atomic E-state index is -3.64. The molecule has 0 unspecified atom stereocenters. The molecule has 150 valence electrons. The van der Waals surface area contributed by atoms with Crippen molar-refractivity contribution in [2.75, 3.05) is 23.7 Å². The van der Waals surface area contributed by atoms with E-state index in [1.54, 1.807) is 25.1 Å². The van der Waals surface area contributed by atoms with E-state index in [2.05, 4.69) is 5.32 Å². The molecule has 0 fully saturated rings.